The lowest BCUT2D eigenvalue weighted by Crippen LogP contribution is -2.39. The maximum absolute atomic E-state index is 10.5. The topological polar surface area (TPSA) is 66.3 Å². The number of hydrogen-bond donors (Lipinski definition) is 2. The zero-order chi connectivity index (χ0) is 17.9. The highest BCUT2D eigenvalue weighted by atomic mass is 127. The average Bonchev–Trinajstić information content (AvgIpc) is 2.62. The highest BCUT2D eigenvalue weighted by Gasteiger charge is 2.15. The lowest BCUT2D eigenvalue weighted by Gasteiger charge is -2.22. The van der Waals surface area contributed by atoms with Gasteiger partial charge in [0.05, 0.1) is 20.8 Å². The number of halogens is 1. The summed E-state index contributed by atoms with van der Waals surface area (Å²) in [7, 11) is 5.20. The van der Waals surface area contributed by atoms with Crippen LogP contribution in [0.1, 0.15) is 38.4 Å². The summed E-state index contributed by atoms with van der Waals surface area (Å²) in [6.07, 6.45) is 1.48. The molecule has 1 atom stereocenters. The molecule has 0 aromatic heterocycles. The van der Waals surface area contributed by atoms with E-state index in [1.165, 1.54) is 0 Å². The first-order chi connectivity index (χ1) is 11.6. The van der Waals surface area contributed by atoms with Gasteiger partial charge in [-0.15, -0.1) is 24.0 Å². The van der Waals surface area contributed by atoms with Crippen molar-refractivity contribution in [2.75, 3.05) is 40.9 Å². The number of rotatable bonds is 9. The molecule has 0 amide bonds. The Labute approximate surface area is 168 Å². The highest BCUT2D eigenvalue weighted by molar-refractivity contribution is 14.0. The minimum absolute atomic E-state index is 0. The van der Waals surface area contributed by atoms with Gasteiger partial charge in [0.15, 0.2) is 5.96 Å². The van der Waals surface area contributed by atoms with Gasteiger partial charge in [-0.3, -0.25) is 4.99 Å². The molecule has 1 aromatic rings. The van der Waals surface area contributed by atoms with Crippen LogP contribution in [0.4, 0.5) is 0 Å². The van der Waals surface area contributed by atoms with Gasteiger partial charge in [-0.2, -0.15) is 0 Å². The Bertz CT molecular complexity index is 526. The first-order valence-electron chi connectivity index (χ1n) is 8.46. The summed E-state index contributed by atoms with van der Waals surface area (Å²) in [5.41, 5.74) is 0.674. The van der Waals surface area contributed by atoms with Crippen molar-refractivity contribution in [3.05, 3.63) is 23.8 Å². The number of unbranched alkanes of at least 4 members (excludes halogenated alkanes) is 1. The van der Waals surface area contributed by atoms with Crippen molar-refractivity contribution in [2.45, 2.75) is 32.8 Å². The van der Waals surface area contributed by atoms with Crippen LogP contribution in [0.2, 0.25) is 0 Å². The molecule has 0 bridgehead atoms. The number of benzene rings is 1. The summed E-state index contributed by atoms with van der Waals surface area (Å²) in [6.45, 7) is 6.17. The number of guanidine groups is 1. The van der Waals surface area contributed by atoms with Crippen LogP contribution in [0.3, 0.4) is 0 Å². The van der Waals surface area contributed by atoms with E-state index in [-0.39, 0.29) is 30.5 Å². The molecule has 0 radical (unpaired) electrons. The number of nitrogens with one attached hydrogen (secondary N) is 1. The maximum Gasteiger partial charge on any atom is 0.193 e. The van der Waals surface area contributed by atoms with Gasteiger partial charge >= 0.3 is 0 Å². The maximum atomic E-state index is 10.5. The number of aliphatic imine (C=N–C) groups is 1. The molecule has 1 aromatic carbocycles. The lowest BCUT2D eigenvalue weighted by atomic mass is 10.1. The summed E-state index contributed by atoms with van der Waals surface area (Å²) in [4.78, 5) is 6.64. The minimum atomic E-state index is -0.761. The van der Waals surface area contributed by atoms with Crippen LogP contribution in [0.5, 0.6) is 11.5 Å². The zero-order valence-electron chi connectivity index (χ0n) is 15.9. The van der Waals surface area contributed by atoms with E-state index in [0.717, 1.165) is 31.9 Å². The number of aliphatic hydroxyl groups is 1. The van der Waals surface area contributed by atoms with E-state index in [9.17, 15) is 5.11 Å². The molecule has 0 aliphatic heterocycles. The molecule has 7 heteroatoms. The minimum Gasteiger partial charge on any atom is -0.497 e. The standard InChI is InChI=1S/C18H31N3O3.HI/c1-6-8-11-21(3)18(19-7-2)20-13-16(22)15-12-14(23-4)9-10-17(15)24-5;/h9-10,12,16,22H,6-8,11,13H2,1-5H3,(H,19,20);1H. The number of aliphatic hydroxyl groups excluding tert-OH is 1. The van der Waals surface area contributed by atoms with E-state index < -0.39 is 6.10 Å². The van der Waals surface area contributed by atoms with E-state index in [1.54, 1.807) is 32.4 Å². The van der Waals surface area contributed by atoms with Gasteiger partial charge in [-0.05, 0) is 31.5 Å². The molecule has 0 saturated carbocycles. The van der Waals surface area contributed by atoms with E-state index in [2.05, 4.69) is 22.1 Å². The third kappa shape index (κ3) is 7.68. The monoisotopic (exact) mass is 465 g/mol. The second-order valence-corrected chi connectivity index (χ2v) is 5.59. The largest absolute Gasteiger partial charge is 0.497 e. The van der Waals surface area contributed by atoms with Crippen molar-refractivity contribution in [1.82, 2.24) is 10.2 Å². The van der Waals surface area contributed by atoms with Gasteiger partial charge in [0.2, 0.25) is 0 Å². The molecule has 1 unspecified atom stereocenters. The fourth-order valence-corrected chi connectivity index (χ4v) is 2.34. The second kappa shape index (κ2) is 13.0. The predicted molar refractivity (Wildman–Crippen MR) is 113 cm³/mol. The smallest absolute Gasteiger partial charge is 0.193 e. The molecule has 0 fully saturated rings. The van der Waals surface area contributed by atoms with Crippen LogP contribution < -0.4 is 14.8 Å². The fourth-order valence-electron chi connectivity index (χ4n) is 2.34. The van der Waals surface area contributed by atoms with Gasteiger partial charge in [-0.25, -0.2) is 0 Å². The predicted octanol–water partition coefficient (Wildman–Crippen LogP) is 3.05. The number of nitrogens with zero attached hydrogens (tertiary/aromatic N) is 2. The average molecular weight is 465 g/mol. The third-order valence-corrected chi connectivity index (χ3v) is 3.75. The van der Waals surface area contributed by atoms with Crippen LogP contribution in [0.15, 0.2) is 23.2 Å². The van der Waals surface area contributed by atoms with Gasteiger partial charge in [0.1, 0.15) is 17.6 Å². The van der Waals surface area contributed by atoms with Crippen LogP contribution in [-0.4, -0.2) is 56.9 Å². The van der Waals surface area contributed by atoms with Crippen molar-refractivity contribution in [2.24, 2.45) is 4.99 Å². The molecule has 144 valence electrons. The lowest BCUT2D eigenvalue weighted by molar-refractivity contribution is 0.181. The van der Waals surface area contributed by atoms with Gasteiger partial charge in [0, 0.05) is 25.7 Å². The second-order valence-electron chi connectivity index (χ2n) is 5.59. The Kier molecular flexibility index (Phi) is 12.4. The summed E-state index contributed by atoms with van der Waals surface area (Å²) < 4.78 is 10.6. The SMILES string of the molecule is CCCCN(C)C(=NCC(O)c1cc(OC)ccc1OC)NCC.I. The Morgan fingerprint density at radius 1 is 1.28 bits per heavy atom. The molecular formula is C18H32IN3O3. The number of methoxy groups -OCH3 is 2. The third-order valence-electron chi connectivity index (χ3n) is 3.75. The first kappa shape index (κ1) is 23.8. The van der Waals surface area contributed by atoms with Crippen molar-refractivity contribution in [1.29, 1.82) is 0 Å². The van der Waals surface area contributed by atoms with Crippen LogP contribution in [0, 0.1) is 0 Å². The van der Waals surface area contributed by atoms with Crippen molar-refractivity contribution >= 4 is 29.9 Å². The molecule has 6 nitrogen and oxygen atoms in total. The summed E-state index contributed by atoms with van der Waals surface area (Å²) in [5, 5.41) is 13.8. The summed E-state index contributed by atoms with van der Waals surface area (Å²) >= 11 is 0. The van der Waals surface area contributed by atoms with E-state index >= 15 is 0 Å². The van der Waals surface area contributed by atoms with Crippen molar-refractivity contribution in [3.8, 4) is 11.5 Å². The van der Waals surface area contributed by atoms with Crippen LogP contribution in [0.25, 0.3) is 0 Å². The molecular weight excluding hydrogens is 433 g/mol. The summed E-state index contributed by atoms with van der Waals surface area (Å²) in [5.74, 6) is 2.11. The highest BCUT2D eigenvalue weighted by Crippen LogP contribution is 2.29. The fraction of sp³-hybridized carbons (Fsp3) is 0.611. The zero-order valence-corrected chi connectivity index (χ0v) is 18.2. The van der Waals surface area contributed by atoms with Gasteiger partial charge in [-0.1, -0.05) is 13.3 Å². The number of hydrogen-bond acceptors (Lipinski definition) is 4. The Balaban J connectivity index is 0.00000576. The molecule has 0 spiro atoms. The molecule has 0 heterocycles. The quantitative estimate of drug-likeness (QED) is 0.334. The van der Waals surface area contributed by atoms with Gasteiger partial charge < -0.3 is 24.8 Å². The molecule has 1 rings (SSSR count). The van der Waals surface area contributed by atoms with Crippen molar-refractivity contribution < 1.29 is 14.6 Å². The normalized spacial score (nSPS) is 12.2. The van der Waals surface area contributed by atoms with E-state index in [0.29, 0.717) is 17.1 Å². The van der Waals surface area contributed by atoms with Gasteiger partial charge in [0.25, 0.3) is 0 Å². The first-order valence-corrected chi connectivity index (χ1v) is 8.46. The summed E-state index contributed by atoms with van der Waals surface area (Å²) in [6, 6.07) is 5.38. The van der Waals surface area contributed by atoms with E-state index in [1.807, 2.05) is 14.0 Å². The molecule has 25 heavy (non-hydrogen) atoms. The van der Waals surface area contributed by atoms with E-state index in [4.69, 9.17) is 9.47 Å². The molecule has 0 aliphatic carbocycles. The Hall–Kier alpha value is -1.22. The molecule has 0 aliphatic rings. The molecule has 0 saturated heterocycles. The van der Waals surface area contributed by atoms with Crippen LogP contribution >= 0.6 is 24.0 Å². The number of ether oxygens (including phenoxy) is 2. The molecule has 2 N–H and O–H groups in total. The van der Waals surface area contributed by atoms with Crippen molar-refractivity contribution in [3.63, 3.8) is 0 Å². The Morgan fingerprint density at radius 3 is 2.56 bits per heavy atom. The van der Waals surface area contributed by atoms with Crippen LogP contribution in [-0.2, 0) is 0 Å². The Morgan fingerprint density at radius 2 is 2.00 bits per heavy atom.